The molecule has 1 aromatic carbocycles. The fourth-order valence-electron chi connectivity index (χ4n) is 2.29. The molecule has 1 atom stereocenters. The topological polar surface area (TPSA) is 37.8 Å². The Labute approximate surface area is 115 Å². The summed E-state index contributed by atoms with van der Waals surface area (Å²) in [7, 11) is 0. The van der Waals surface area contributed by atoms with Gasteiger partial charge in [-0.2, -0.15) is 0 Å². The lowest BCUT2D eigenvalue weighted by molar-refractivity contribution is 0.761. The van der Waals surface area contributed by atoms with Gasteiger partial charge in [0.05, 0.1) is 10.0 Å². The Hall–Kier alpha value is -1.32. The normalized spacial score (nSPS) is 17.6. The Morgan fingerprint density at radius 1 is 1.11 bits per heavy atom. The first-order chi connectivity index (χ1) is 8.74. The molecule has 0 aliphatic heterocycles. The number of nitrogens with one attached hydrogen (secondary N) is 1. The summed E-state index contributed by atoms with van der Waals surface area (Å²) in [6, 6.07) is 5.96. The molecular weight excluding hydrogens is 269 g/mol. The number of halogens is 2. The maximum absolute atomic E-state index is 6.22. The quantitative estimate of drug-likeness (QED) is 0.916. The van der Waals surface area contributed by atoms with Gasteiger partial charge >= 0.3 is 0 Å². The number of hydrogen-bond donors (Lipinski definition) is 1. The summed E-state index contributed by atoms with van der Waals surface area (Å²) in [6.07, 6.45) is 5.22. The highest BCUT2D eigenvalue weighted by Gasteiger charge is 2.24. The van der Waals surface area contributed by atoms with Crippen molar-refractivity contribution < 1.29 is 0 Å². The van der Waals surface area contributed by atoms with Crippen LogP contribution in [0.3, 0.4) is 0 Å². The van der Waals surface area contributed by atoms with Gasteiger partial charge in [0, 0.05) is 18.4 Å². The first kappa shape index (κ1) is 11.8. The highest BCUT2D eigenvalue weighted by molar-refractivity contribution is 6.42. The summed E-state index contributed by atoms with van der Waals surface area (Å²) < 4.78 is 0. The minimum absolute atomic E-state index is 0.276. The minimum Gasteiger partial charge on any atom is -0.351 e. The van der Waals surface area contributed by atoms with Gasteiger partial charge in [-0.05, 0) is 36.1 Å². The molecule has 1 aliphatic rings. The molecule has 0 spiro atoms. The van der Waals surface area contributed by atoms with Crippen LogP contribution in [-0.2, 0) is 12.8 Å². The average Bonchev–Trinajstić information content (AvgIpc) is 2.79. The molecule has 5 heteroatoms. The predicted octanol–water partition coefficient (Wildman–Crippen LogP) is 3.36. The molecule has 0 saturated carbocycles. The summed E-state index contributed by atoms with van der Waals surface area (Å²) in [5, 5.41) is 4.60. The van der Waals surface area contributed by atoms with Crippen molar-refractivity contribution in [2.45, 2.75) is 18.9 Å². The smallest absolute Gasteiger partial charge is 0.222 e. The molecule has 92 valence electrons. The van der Waals surface area contributed by atoms with Gasteiger partial charge in [-0.3, -0.25) is 0 Å². The Morgan fingerprint density at radius 3 is 2.67 bits per heavy atom. The summed E-state index contributed by atoms with van der Waals surface area (Å²) in [4.78, 5) is 8.33. The molecular formula is C13H11Cl2N3. The van der Waals surface area contributed by atoms with Crippen LogP contribution in [0.15, 0.2) is 30.6 Å². The summed E-state index contributed by atoms with van der Waals surface area (Å²) >= 11 is 12.2. The molecule has 1 aliphatic carbocycles. The van der Waals surface area contributed by atoms with Crippen molar-refractivity contribution in [3.63, 3.8) is 0 Å². The summed E-state index contributed by atoms with van der Waals surface area (Å²) in [6.45, 7) is 0. The zero-order valence-electron chi connectivity index (χ0n) is 9.53. The van der Waals surface area contributed by atoms with Crippen LogP contribution in [0.2, 0.25) is 10.0 Å². The van der Waals surface area contributed by atoms with Crippen LogP contribution < -0.4 is 5.32 Å². The van der Waals surface area contributed by atoms with Crippen LogP contribution >= 0.6 is 23.2 Å². The second-order valence-corrected chi connectivity index (χ2v) is 5.11. The van der Waals surface area contributed by atoms with Crippen LogP contribution in [-0.4, -0.2) is 16.0 Å². The van der Waals surface area contributed by atoms with E-state index < -0.39 is 0 Å². The average molecular weight is 280 g/mol. The van der Waals surface area contributed by atoms with Crippen molar-refractivity contribution in [2.24, 2.45) is 0 Å². The number of fused-ring (bicyclic) bond motifs is 1. The monoisotopic (exact) mass is 279 g/mol. The maximum atomic E-state index is 6.22. The molecule has 0 amide bonds. The van der Waals surface area contributed by atoms with Crippen LogP contribution in [0.25, 0.3) is 0 Å². The first-order valence-corrected chi connectivity index (χ1v) is 6.49. The van der Waals surface area contributed by atoms with Crippen molar-refractivity contribution in [3.05, 3.63) is 51.8 Å². The fraction of sp³-hybridized carbons (Fsp3) is 0.231. The molecule has 3 rings (SSSR count). The molecule has 1 N–H and O–H groups in total. The van der Waals surface area contributed by atoms with Crippen LogP contribution in [0, 0.1) is 0 Å². The number of aromatic nitrogens is 2. The van der Waals surface area contributed by atoms with E-state index in [2.05, 4.69) is 15.3 Å². The minimum atomic E-state index is 0.276. The first-order valence-electron chi connectivity index (χ1n) is 5.73. The lowest BCUT2D eigenvalue weighted by Crippen LogP contribution is -2.20. The Bertz CT molecular complexity index is 572. The Kier molecular flexibility index (Phi) is 3.10. The second-order valence-electron chi connectivity index (χ2n) is 4.32. The predicted molar refractivity (Wildman–Crippen MR) is 73.3 cm³/mol. The third-order valence-corrected chi connectivity index (χ3v) is 3.95. The molecule has 0 fully saturated rings. The number of hydrogen-bond acceptors (Lipinski definition) is 3. The molecule has 3 nitrogen and oxygen atoms in total. The van der Waals surface area contributed by atoms with E-state index in [0.29, 0.717) is 16.0 Å². The van der Waals surface area contributed by atoms with Gasteiger partial charge in [-0.1, -0.05) is 29.3 Å². The van der Waals surface area contributed by atoms with Crippen molar-refractivity contribution in [2.75, 3.05) is 5.32 Å². The van der Waals surface area contributed by atoms with E-state index in [-0.39, 0.29) is 6.04 Å². The third kappa shape index (κ3) is 2.16. The third-order valence-electron chi connectivity index (χ3n) is 3.11. The molecule has 2 aromatic rings. The van der Waals surface area contributed by atoms with E-state index in [1.54, 1.807) is 18.5 Å². The van der Waals surface area contributed by atoms with Crippen molar-refractivity contribution in [3.8, 4) is 0 Å². The SMILES string of the molecule is Clc1ccc2c(c1Cl)CC(Nc1ncccn1)C2. The van der Waals surface area contributed by atoms with E-state index in [1.165, 1.54) is 5.56 Å². The van der Waals surface area contributed by atoms with Gasteiger partial charge < -0.3 is 5.32 Å². The van der Waals surface area contributed by atoms with E-state index in [0.717, 1.165) is 18.4 Å². The largest absolute Gasteiger partial charge is 0.351 e. The number of anilines is 1. The maximum Gasteiger partial charge on any atom is 0.222 e. The molecule has 1 aromatic heterocycles. The number of rotatable bonds is 2. The Balaban J connectivity index is 1.79. The second kappa shape index (κ2) is 4.75. The molecule has 1 heterocycles. The highest BCUT2D eigenvalue weighted by atomic mass is 35.5. The van der Waals surface area contributed by atoms with E-state index in [1.807, 2.05) is 12.1 Å². The van der Waals surface area contributed by atoms with Gasteiger partial charge in [0.1, 0.15) is 0 Å². The zero-order chi connectivity index (χ0) is 12.5. The zero-order valence-corrected chi connectivity index (χ0v) is 11.0. The van der Waals surface area contributed by atoms with Crippen molar-refractivity contribution in [1.29, 1.82) is 0 Å². The Morgan fingerprint density at radius 2 is 1.89 bits per heavy atom. The number of benzene rings is 1. The van der Waals surface area contributed by atoms with E-state index in [9.17, 15) is 0 Å². The van der Waals surface area contributed by atoms with Gasteiger partial charge in [0.15, 0.2) is 0 Å². The number of nitrogens with zero attached hydrogens (tertiary/aromatic N) is 2. The van der Waals surface area contributed by atoms with Gasteiger partial charge in [0.2, 0.25) is 5.95 Å². The standard InChI is InChI=1S/C13H11Cl2N3/c14-11-3-2-8-6-9(7-10(8)12(11)15)18-13-16-4-1-5-17-13/h1-5,9H,6-7H2,(H,16,17,18). The summed E-state index contributed by atoms with van der Waals surface area (Å²) in [5.41, 5.74) is 2.38. The van der Waals surface area contributed by atoms with Crippen molar-refractivity contribution >= 4 is 29.2 Å². The lowest BCUT2D eigenvalue weighted by Gasteiger charge is -2.10. The molecule has 18 heavy (non-hydrogen) atoms. The van der Waals surface area contributed by atoms with Gasteiger partial charge in [-0.25, -0.2) is 9.97 Å². The lowest BCUT2D eigenvalue weighted by atomic mass is 10.1. The molecule has 0 saturated heterocycles. The van der Waals surface area contributed by atoms with Gasteiger partial charge in [0.25, 0.3) is 0 Å². The highest BCUT2D eigenvalue weighted by Crippen LogP contribution is 2.34. The van der Waals surface area contributed by atoms with Gasteiger partial charge in [-0.15, -0.1) is 0 Å². The van der Waals surface area contributed by atoms with Crippen LogP contribution in [0.4, 0.5) is 5.95 Å². The van der Waals surface area contributed by atoms with Crippen molar-refractivity contribution in [1.82, 2.24) is 9.97 Å². The molecule has 0 bridgehead atoms. The molecule has 0 radical (unpaired) electrons. The van der Waals surface area contributed by atoms with E-state index >= 15 is 0 Å². The van der Waals surface area contributed by atoms with E-state index in [4.69, 9.17) is 23.2 Å². The van der Waals surface area contributed by atoms with Crippen LogP contribution in [0.1, 0.15) is 11.1 Å². The van der Waals surface area contributed by atoms with Crippen LogP contribution in [0.5, 0.6) is 0 Å². The fourth-order valence-corrected chi connectivity index (χ4v) is 2.73. The summed E-state index contributed by atoms with van der Waals surface area (Å²) in [5.74, 6) is 0.650. The molecule has 1 unspecified atom stereocenters.